The van der Waals surface area contributed by atoms with Crippen molar-refractivity contribution in [1.29, 1.82) is 0 Å². The maximum Gasteiger partial charge on any atom is 0.250 e. The Morgan fingerprint density at radius 1 is 1.53 bits per heavy atom. The molecule has 0 aliphatic heterocycles. The fraction of sp³-hybridized carbons (Fsp3) is 0.615. The summed E-state index contributed by atoms with van der Waals surface area (Å²) >= 11 is 0. The number of hydrogen-bond acceptors (Lipinski definition) is 3. The topological polar surface area (TPSA) is 34.1 Å². The van der Waals surface area contributed by atoms with E-state index in [1.165, 1.54) is 12.8 Å². The molecule has 17 heavy (non-hydrogen) atoms. The van der Waals surface area contributed by atoms with Gasteiger partial charge >= 0.3 is 0 Å². The van der Waals surface area contributed by atoms with E-state index in [2.05, 4.69) is 17.2 Å². The van der Waals surface area contributed by atoms with Gasteiger partial charge in [0.05, 0.1) is 6.61 Å². The summed E-state index contributed by atoms with van der Waals surface area (Å²) < 4.78 is 19.3. The highest BCUT2D eigenvalue weighted by molar-refractivity contribution is 5.23. The van der Waals surface area contributed by atoms with Crippen LogP contribution in [0.4, 0.5) is 4.39 Å². The van der Waals surface area contributed by atoms with Crippen molar-refractivity contribution in [3.8, 4) is 5.88 Å². The summed E-state index contributed by atoms with van der Waals surface area (Å²) in [5.41, 5.74) is 0.637. The van der Waals surface area contributed by atoms with Gasteiger partial charge in [0.25, 0.3) is 5.88 Å². The maximum absolute atomic E-state index is 13.9. The molecule has 0 radical (unpaired) electrons. The Morgan fingerprint density at radius 3 is 3.06 bits per heavy atom. The molecule has 3 nitrogen and oxygen atoms in total. The van der Waals surface area contributed by atoms with Crippen LogP contribution in [0.25, 0.3) is 0 Å². The standard InChI is InChI=1S/C13H19FN2O/c1-2-3-8-17-13-12(14)10(6-7-15-13)9-16-11-4-5-11/h6-7,11,16H,2-5,8-9H2,1H3. The lowest BCUT2D eigenvalue weighted by Crippen LogP contribution is -2.16. The quantitative estimate of drug-likeness (QED) is 0.741. The predicted octanol–water partition coefficient (Wildman–Crippen LogP) is 2.65. The number of aromatic nitrogens is 1. The second kappa shape index (κ2) is 5.96. The Bertz CT molecular complexity index is 366. The highest BCUT2D eigenvalue weighted by Crippen LogP contribution is 2.21. The molecule has 1 aliphatic rings. The van der Waals surface area contributed by atoms with Crippen LogP contribution < -0.4 is 10.1 Å². The normalized spacial score (nSPS) is 14.9. The Labute approximate surface area is 101 Å². The third-order valence-corrected chi connectivity index (χ3v) is 2.83. The van der Waals surface area contributed by atoms with Gasteiger partial charge in [0.1, 0.15) is 0 Å². The summed E-state index contributed by atoms with van der Waals surface area (Å²) in [6.45, 7) is 3.16. The molecule has 94 valence electrons. The van der Waals surface area contributed by atoms with Crippen LogP contribution in [0.2, 0.25) is 0 Å². The van der Waals surface area contributed by atoms with Crippen LogP contribution in [0.1, 0.15) is 38.2 Å². The van der Waals surface area contributed by atoms with Crippen molar-refractivity contribution in [2.75, 3.05) is 6.61 Å². The molecule has 1 aliphatic carbocycles. The number of unbranched alkanes of at least 4 members (excludes halogenated alkanes) is 1. The van der Waals surface area contributed by atoms with Crippen molar-refractivity contribution < 1.29 is 9.13 Å². The maximum atomic E-state index is 13.9. The first-order chi connectivity index (χ1) is 8.31. The molecule has 0 bridgehead atoms. The van der Waals surface area contributed by atoms with Crippen molar-refractivity contribution in [3.05, 3.63) is 23.6 Å². The van der Waals surface area contributed by atoms with E-state index in [1.807, 2.05) is 0 Å². The van der Waals surface area contributed by atoms with Crippen molar-refractivity contribution in [2.45, 2.75) is 45.2 Å². The largest absolute Gasteiger partial charge is 0.476 e. The Morgan fingerprint density at radius 2 is 2.35 bits per heavy atom. The van der Waals surface area contributed by atoms with Gasteiger partial charge in [-0.25, -0.2) is 9.37 Å². The highest BCUT2D eigenvalue weighted by atomic mass is 19.1. The fourth-order valence-corrected chi connectivity index (χ4v) is 1.55. The lowest BCUT2D eigenvalue weighted by atomic mass is 10.2. The van der Waals surface area contributed by atoms with Crippen LogP contribution in [0, 0.1) is 5.82 Å². The molecule has 1 heterocycles. The third kappa shape index (κ3) is 3.66. The summed E-state index contributed by atoms with van der Waals surface area (Å²) in [6, 6.07) is 2.28. The second-order valence-corrected chi connectivity index (χ2v) is 4.45. The van der Waals surface area contributed by atoms with E-state index in [0.717, 1.165) is 12.8 Å². The first-order valence-electron chi connectivity index (χ1n) is 6.30. The van der Waals surface area contributed by atoms with Gasteiger partial charge in [-0.05, 0) is 25.3 Å². The Kier molecular flexibility index (Phi) is 4.31. The SMILES string of the molecule is CCCCOc1nccc(CNC2CC2)c1F. The van der Waals surface area contributed by atoms with Gasteiger partial charge in [0.15, 0.2) is 5.82 Å². The van der Waals surface area contributed by atoms with Gasteiger partial charge in [-0.1, -0.05) is 13.3 Å². The molecule has 0 saturated heterocycles. The van der Waals surface area contributed by atoms with Gasteiger partial charge in [-0.15, -0.1) is 0 Å². The van der Waals surface area contributed by atoms with E-state index in [4.69, 9.17) is 4.74 Å². The van der Waals surface area contributed by atoms with Gasteiger partial charge in [0.2, 0.25) is 0 Å². The van der Waals surface area contributed by atoms with E-state index in [1.54, 1.807) is 12.3 Å². The molecule has 1 fully saturated rings. The van der Waals surface area contributed by atoms with Crippen molar-refractivity contribution in [1.82, 2.24) is 10.3 Å². The summed E-state index contributed by atoms with van der Waals surface area (Å²) in [6.07, 6.45) is 5.96. The first kappa shape index (κ1) is 12.3. The van der Waals surface area contributed by atoms with Gasteiger partial charge in [-0.3, -0.25) is 0 Å². The van der Waals surface area contributed by atoms with E-state index >= 15 is 0 Å². The van der Waals surface area contributed by atoms with Crippen LogP contribution in [-0.2, 0) is 6.54 Å². The van der Waals surface area contributed by atoms with E-state index < -0.39 is 0 Å². The summed E-state index contributed by atoms with van der Waals surface area (Å²) in [4.78, 5) is 3.93. The predicted molar refractivity (Wildman–Crippen MR) is 64.5 cm³/mol. The van der Waals surface area contributed by atoms with E-state index in [-0.39, 0.29) is 11.7 Å². The number of nitrogens with zero attached hydrogens (tertiary/aromatic N) is 1. The molecular weight excluding hydrogens is 219 g/mol. The second-order valence-electron chi connectivity index (χ2n) is 4.45. The molecule has 0 amide bonds. The Balaban J connectivity index is 1.93. The van der Waals surface area contributed by atoms with Gasteiger partial charge in [-0.2, -0.15) is 0 Å². The fourth-order valence-electron chi connectivity index (χ4n) is 1.55. The molecule has 1 saturated carbocycles. The molecule has 1 N–H and O–H groups in total. The minimum absolute atomic E-state index is 0.133. The smallest absolute Gasteiger partial charge is 0.250 e. The zero-order chi connectivity index (χ0) is 12.1. The van der Waals surface area contributed by atoms with Crippen LogP contribution >= 0.6 is 0 Å². The molecule has 4 heteroatoms. The summed E-state index contributed by atoms with van der Waals surface area (Å²) in [5.74, 6) is -0.190. The number of nitrogens with one attached hydrogen (secondary N) is 1. The lowest BCUT2D eigenvalue weighted by Gasteiger charge is -2.09. The van der Waals surface area contributed by atoms with Crippen LogP contribution in [0.15, 0.2) is 12.3 Å². The number of hydrogen-bond donors (Lipinski definition) is 1. The molecular formula is C13H19FN2O. The van der Waals surface area contributed by atoms with Crippen LogP contribution in [0.5, 0.6) is 5.88 Å². The number of halogens is 1. The molecule has 2 rings (SSSR count). The number of pyridine rings is 1. The first-order valence-corrected chi connectivity index (χ1v) is 6.30. The number of ether oxygens (including phenoxy) is 1. The minimum atomic E-state index is -0.322. The number of rotatable bonds is 7. The monoisotopic (exact) mass is 238 g/mol. The van der Waals surface area contributed by atoms with Crippen molar-refractivity contribution in [2.24, 2.45) is 0 Å². The zero-order valence-corrected chi connectivity index (χ0v) is 10.2. The average Bonchev–Trinajstić information content (AvgIpc) is 3.14. The average molecular weight is 238 g/mol. The highest BCUT2D eigenvalue weighted by Gasteiger charge is 2.21. The lowest BCUT2D eigenvalue weighted by molar-refractivity contribution is 0.280. The van der Waals surface area contributed by atoms with E-state index in [0.29, 0.717) is 24.8 Å². The Hall–Kier alpha value is -1.16. The molecule has 1 aromatic rings. The molecule has 0 atom stereocenters. The molecule has 0 spiro atoms. The van der Waals surface area contributed by atoms with E-state index in [9.17, 15) is 4.39 Å². The minimum Gasteiger partial charge on any atom is -0.476 e. The summed E-state index contributed by atoms with van der Waals surface area (Å²) in [7, 11) is 0. The van der Waals surface area contributed by atoms with Gasteiger partial charge in [0, 0.05) is 24.3 Å². The van der Waals surface area contributed by atoms with Crippen molar-refractivity contribution in [3.63, 3.8) is 0 Å². The third-order valence-electron chi connectivity index (χ3n) is 2.83. The molecule has 0 aromatic carbocycles. The van der Waals surface area contributed by atoms with Crippen LogP contribution in [0.3, 0.4) is 0 Å². The van der Waals surface area contributed by atoms with Gasteiger partial charge < -0.3 is 10.1 Å². The van der Waals surface area contributed by atoms with Crippen LogP contribution in [-0.4, -0.2) is 17.6 Å². The zero-order valence-electron chi connectivity index (χ0n) is 10.2. The summed E-state index contributed by atoms with van der Waals surface area (Å²) in [5, 5.41) is 3.28. The van der Waals surface area contributed by atoms with Crippen molar-refractivity contribution >= 4 is 0 Å². The molecule has 1 aromatic heterocycles. The molecule has 0 unspecified atom stereocenters.